The van der Waals surface area contributed by atoms with Crippen LogP contribution in [0.4, 0.5) is 11.6 Å². The lowest BCUT2D eigenvalue weighted by Gasteiger charge is -2.11. The van der Waals surface area contributed by atoms with Crippen molar-refractivity contribution in [1.82, 2.24) is 9.55 Å². The Bertz CT molecular complexity index is 725. The van der Waals surface area contributed by atoms with Crippen LogP contribution in [0.5, 0.6) is 0 Å². The molecule has 0 saturated heterocycles. The van der Waals surface area contributed by atoms with Crippen LogP contribution in [0.25, 0.3) is 5.69 Å². The van der Waals surface area contributed by atoms with E-state index >= 15 is 0 Å². The van der Waals surface area contributed by atoms with E-state index < -0.39 is 0 Å². The first-order valence-electron chi connectivity index (χ1n) is 6.05. The van der Waals surface area contributed by atoms with E-state index in [1.54, 1.807) is 6.20 Å². The predicted octanol–water partition coefficient (Wildman–Crippen LogP) is 4.87. The molecule has 0 radical (unpaired) electrons. The van der Waals surface area contributed by atoms with Gasteiger partial charge in [-0.2, -0.15) is 0 Å². The molecule has 0 amide bonds. The number of hydrogen-bond donors (Lipinski definition) is 1. The molecular formula is C15H11ClIN3. The molecule has 0 unspecified atom stereocenters. The van der Waals surface area contributed by atoms with Crippen molar-refractivity contribution < 1.29 is 0 Å². The van der Waals surface area contributed by atoms with Crippen LogP contribution in [0.3, 0.4) is 0 Å². The van der Waals surface area contributed by atoms with Crippen LogP contribution in [0.1, 0.15) is 0 Å². The molecular weight excluding hydrogens is 385 g/mol. The molecule has 1 heterocycles. The highest BCUT2D eigenvalue weighted by Crippen LogP contribution is 2.25. The summed E-state index contributed by atoms with van der Waals surface area (Å²) < 4.78 is 3.08. The van der Waals surface area contributed by atoms with Crippen LogP contribution < -0.4 is 5.32 Å². The zero-order valence-electron chi connectivity index (χ0n) is 10.4. The zero-order valence-corrected chi connectivity index (χ0v) is 13.3. The van der Waals surface area contributed by atoms with Crippen molar-refractivity contribution in [2.24, 2.45) is 0 Å². The number of hydrogen-bond acceptors (Lipinski definition) is 2. The van der Waals surface area contributed by atoms with Crippen molar-refractivity contribution in [2.75, 3.05) is 5.32 Å². The van der Waals surface area contributed by atoms with Gasteiger partial charge in [0, 0.05) is 26.7 Å². The van der Waals surface area contributed by atoms with E-state index in [2.05, 4.69) is 32.9 Å². The van der Waals surface area contributed by atoms with E-state index in [0.717, 1.165) is 25.9 Å². The first-order chi connectivity index (χ1) is 9.74. The topological polar surface area (TPSA) is 29.9 Å². The lowest BCUT2D eigenvalue weighted by molar-refractivity contribution is 1.06. The number of halogens is 2. The maximum Gasteiger partial charge on any atom is 0.212 e. The summed E-state index contributed by atoms with van der Waals surface area (Å²) in [4.78, 5) is 4.37. The summed E-state index contributed by atoms with van der Waals surface area (Å²) in [5, 5.41) is 4.04. The number of nitrogens with one attached hydrogen (secondary N) is 1. The lowest BCUT2D eigenvalue weighted by Crippen LogP contribution is -2.02. The van der Waals surface area contributed by atoms with Crippen LogP contribution in [-0.4, -0.2) is 9.55 Å². The third kappa shape index (κ3) is 2.81. The van der Waals surface area contributed by atoms with E-state index in [0.29, 0.717) is 0 Å². The second-order valence-corrected chi connectivity index (χ2v) is 5.81. The van der Waals surface area contributed by atoms with Crippen LogP contribution in [0, 0.1) is 3.57 Å². The smallest absolute Gasteiger partial charge is 0.212 e. The van der Waals surface area contributed by atoms with Crippen molar-refractivity contribution in [3.05, 3.63) is 69.5 Å². The molecule has 5 heteroatoms. The summed E-state index contributed by atoms with van der Waals surface area (Å²) in [6.45, 7) is 0. The fourth-order valence-electron chi connectivity index (χ4n) is 1.92. The SMILES string of the molecule is Clc1ccc(-n2ccnc2Nc2ccccc2)c(I)c1. The normalized spacial score (nSPS) is 10.5. The Morgan fingerprint density at radius 1 is 1.10 bits per heavy atom. The van der Waals surface area contributed by atoms with Crippen molar-refractivity contribution >= 4 is 45.8 Å². The Morgan fingerprint density at radius 3 is 2.65 bits per heavy atom. The number of nitrogens with zero attached hydrogens (tertiary/aromatic N) is 2. The second kappa shape index (κ2) is 5.85. The summed E-state index contributed by atoms with van der Waals surface area (Å²) in [6, 6.07) is 15.8. The van der Waals surface area contributed by atoms with Crippen LogP contribution in [-0.2, 0) is 0 Å². The molecule has 0 aliphatic rings. The molecule has 0 aliphatic heterocycles. The number of benzene rings is 2. The minimum atomic E-state index is 0.732. The molecule has 0 atom stereocenters. The molecule has 20 heavy (non-hydrogen) atoms. The molecule has 3 nitrogen and oxygen atoms in total. The van der Waals surface area contributed by atoms with Crippen molar-refractivity contribution in [3.8, 4) is 5.69 Å². The van der Waals surface area contributed by atoms with Gasteiger partial charge in [-0.15, -0.1) is 0 Å². The number of para-hydroxylation sites is 1. The Kier molecular flexibility index (Phi) is 3.93. The standard InChI is InChI=1S/C15H11ClIN3/c16-11-6-7-14(13(17)10-11)20-9-8-18-15(20)19-12-4-2-1-3-5-12/h1-10H,(H,18,19). The Balaban J connectivity index is 1.98. The summed E-state index contributed by atoms with van der Waals surface area (Å²) >= 11 is 8.28. The first kappa shape index (κ1) is 13.5. The third-order valence-corrected chi connectivity index (χ3v) is 3.94. The van der Waals surface area contributed by atoms with E-state index in [4.69, 9.17) is 11.6 Å². The summed E-state index contributed by atoms with van der Waals surface area (Å²) in [5.74, 6) is 0.774. The van der Waals surface area contributed by atoms with Gasteiger partial charge in [0.25, 0.3) is 0 Å². The van der Waals surface area contributed by atoms with Gasteiger partial charge in [0.2, 0.25) is 5.95 Å². The average Bonchev–Trinajstić information content (AvgIpc) is 2.88. The molecule has 3 rings (SSSR count). The van der Waals surface area contributed by atoms with Crippen molar-refractivity contribution in [1.29, 1.82) is 0 Å². The molecule has 0 fully saturated rings. The van der Waals surface area contributed by atoms with Gasteiger partial charge >= 0.3 is 0 Å². The molecule has 1 N–H and O–H groups in total. The number of imidazole rings is 1. The fraction of sp³-hybridized carbons (Fsp3) is 0. The highest BCUT2D eigenvalue weighted by Gasteiger charge is 2.08. The maximum atomic E-state index is 6.00. The van der Waals surface area contributed by atoms with E-state index in [9.17, 15) is 0 Å². The van der Waals surface area contributed by atoms with Crippen LogP contribution in [0.15, 0.2) is 60.9 Å². The quantitative estimate of drug-likeness (QED) is 0.641. The van der Waals surface area contributed by atoms with Gasteiger partial charge in [-0.3, -0.25) is 4.57 Å². The molecule has 100 valence electrons. The van der Waals surface area contributed by atoms with Gasteiger partial charge < -0.3 is 5.32 Å². The van der Waals surface area contributed by atoms with Gasteiger partial charge in [0.15, 0.2) is 0 Å². The Morgan fingerprint density at radius 2 is 1.90 bits per heavy atom. The molecule has 3 aromatic rings. The minimum absolute atomic E-state index is 0.732. The molecule has 0 saturated carbocycles. The van der Waals surface area contributed by atoms with Crippen LogP contribution in [0.2, 0.25) is 5.02 Å². The summed E-state index contributed by atoms with van der Waals surface area (Å²) in [5.41, 5.74) is 2.05. The monoisotopic (exact) mass is 395 g/mol. The average molecular weight is 396 g/mol. The van der Waals surface area contributed by atoms with Gasteiger partial charge in [0.1, 0.15) is 0 Å². The van der Waals surface area contributed by atoms with E-state index in [-0.39, 0.29) is 0 Å². The first-order valence-corrected chi connectivity index (χ1v) is 7.50. The minimum Gasteiger partial charge on any atom is -0.325 e. The second-order valence-electron chi connectivity index (χ2n) is 4.21. The molecule has 0 aliphatic carbocycles. The summed E-state index contributed by atoms with van der Waals surface area (Å²) in [7, 11) is 0. The lowest BCUT2D eigenvalue weighted by atomic mass is 10.3. The highest BCUT2D eigenvalue weighted by atomic mass is 127. The van der Waals surface area contributed by atoms with E-state index in [1.165, 1.54) is 0 Å². The van der Waals surface area contributed by atoms with Gasteiger partial charge in [0.05, 0.1) is 5.69 Å². The van der Waals surface area contributed by atoms with Gasteiger partial charge in [-0.05, 0) is 52.9 Å². The number of anilines is 2. The molecule has 0 bridgehead atoms. The Hall–Kier alpha value is -1.53. The van der Waals surface area contributed by atoms with Crippen molar-refractivity contribution in [3.63, 3.8) is 0 Å². The third-order valence-electron chi connectivity index (χ3n) is 2.84. The molecule has 1 aromatic heterocycles. The molecule has 2 aromatic carbocycles. The number of rotatable bonds is 3. The molecule has 0 spiro atoms. The fourth-order valence-corrected chi connectivity index (χ4v) is 3.05. The summed E-state index contributed by atoms with van der Waals surface area (Å²) in [6.07, 6.45) is 3.70. The van der Waals surface area contributed by atoms with Crippen molar-refractivity contribution in [2.45, 2.75) is 0 Å². The largest absolute Gasteiger partial charge is 0.325 e. The van der Waals surface area contributed by atoms with Gasteiger partial charge in [-0.25, -0.2) is 4.98 Å². The van der Waals surface area contributed by atoms with Gasteiger partial charge in [-0.1, -0.05) is 29.8 Å². The van der Waals surface area contributed by atoms with E-state index in [1.807, 2.05) is 59.3 Å². The van der Waals surface area contributed by atoms with Crippen LogP contribution >= 0.6 is 34.2 Å². The predicted molar refractivity (Wildman–Crippen MR) is 91.0 cm³/mol. The number of aromatic nitrogens is 2. The Labute approximate surface area is 135 Å². The zero-order chi connectivity index (χ0) is 13.9. The highest BCUT2D eigenvalue weighted by molar-refractivity contribution is 14.1. The maximum absolute atomic E-state index is 6.00.